The molecule has 0 unspecified atom stereocenters. The second-order valence-corrected chi connectivity index (χ2v) is 6.19. The fourth-order valence-electron chi connectivity index (χ4n) is 3.40. The molecule has 2 aliphatic rings. The molecular weight excluding hydrogens is 328 g/mol. The molecule has 1 aromatic heterocycles. The normalized spacial score (nSPS) is 19.5. The summed E-state index contributed by atoms with van der Waals surface area (Å²) in [6.45, 7) is 0.855. The highest BCUT2D eigenvalue weighted by Gasteiger charge is 2.20. The van der Waals surface area contributed by atoms with Crippen molar-refractivity contribution in [1.29, 1.82) is 0 Å². The molecule has 4 rings (SSSR count). The van der Waals surface area contributed by atoms with Crippen LogP contribution in [0.5, 0.6) is 5.75 Å². The van der Waals surface area contributed by atoms with E-state index in [9.17, 15) is 4.79 Å². The summed E-state index contributed by atoms with van der Waals surface area (Å²) in [7, 11) is 3.17. The zero-order valence-electron chi connectivity index (χ0n) is 14.8. The number of nitrogens with one attached hydrogen (secondary N) is 2. The second kappa shape index (κ2) is 6.59. The molecule has 26 heavy (non-hydrogen) atoms. The number of ether oxygens (including phenoxy) is 2. The van der Waals surface area contributed by atoms with Crippen LogP contribution in [-0.4, -0.2) is 31.5 Å². The molecule has 1 aliphatic carbocycles. The molecule has 132 valence electrons. The first-order valence-corrected chi connectivity index (χ1v) is 8.53. The summed E-state index contributed by atoms with van der Waals surface area (Å²) < 4.78 is 10.4. The highest BCUT2D eigenvalue weighted by atomic mass is 16.5. The van der Waals surface area contributed by atoms with Gasteiger partial charge in [0, 0.05) is 29.1 Å². The smallest absolute Gasteiger partial charge is 0.227 e. The van der Waals surface area contributed by atoms with Crippen molar-refractivity contribution < 1.29 is 14.3 Å². The number of hydrogen-bond acceptors (Lipinski definition) is 4. The molecule has 0 radical (unpaired) electrons. The number of ketones is 1. The van der Waals surface area contributed by atoms with Crippen molar-refractivity contribution in [3.05, 3.63) is 71.2 Å². The molecule has 0 saturated carbocycles. The lowest BCUT2D eigenvalue weighted by molar-refractivity contribution is -0.114. The lowest BCUT2D eigenvalue weighted by atomic mass is 10.0. The van der Waals surface area contributed by atoms with Crippen molar-refractivity contribution >= 4 is 22.4 Å². The zero-order valence-corrected chi connectivity index (χ0v) is 14.8. The Morgan fingerprint density at radius 2 is 2.04 bits per heavy atom. The van der Waals surface area contributed by atoms with E-state index >= 15 is 0 Å². The first-order valence-electron chi connectivity index (χ1n) is 8.53. The summed E-state index contributed by atoms with van der Waals surface area (Å²) in [4.78, 5) is 15.8. The number of aromatic nitrogens is 1. The number of rotatable bonds is 3. The number of fused-ring (bicyclic) bond motifs is 3. The van der Waals surface area contributed by atoms with E-state index in [2.05, 4.69) is 16.4 Å². The number of methoxy groups -OCH3 is 2. The maximum absolute atomic E-state index is 12.3. The van der Waals surface area contributed by atoms with E-state index in [1.165, 1.54) is 18.1 Å². The molecule has 2 N–H and O–H groups in total. The largest absolute Gasteiger partial charge is 0.497 e. The Hall–Kier alpha value is -3.21. The Balaban J connectivity index is 1.73. The van der Waals surface area contributed by atoms with Crippen molar-refractivity contribution in [3.63, 3.8) is 0 Å². The Bertz CT molecular complexity index is 1010. The third kappa shape index (κ3) is 2.71. The van der Waals surface area contributed by atoms with Gasteiger partial charge in [-0.05, 0) is 42.3 Å². The molecule has 1 aromatic carbocycles. The van der Waals surface area contributed by atoms with Crippen LogP contribution in [0.4, 0.5) is 0 Å². The first-order chi connectivity index (χ1) is 12.7. The van der Waals surface area contributed by atoms with Gasteiger partial charge in [-0.2, -0.15) is 0 Å². The first kappa shape index (κ1) is 16.3. The van der Waals surface area contributed by atoms with Crippen molar-refractivity contribution in [2.45, 2.75) is 6.42 Å². The SMILES string of the molecule is COC1=CC=C/C(=C\C=C2\NCCc3c2[nH]c2cc(OC)ccc32)C1=O. The highest BCUT2D eigenvalue weighted by molar-refractivity contribution is 6.10. The van der Waals surface area contributed by atoms with Crippen LogP contribution >= 0.6 is 0 Å². The molecule has 0 atom stereocenters. The lowest BCUT2D eigenvalue weighted by Crippen LogP contribution is -2.22. The van der Waals surface area contributed by atoms with Gasteiger partial charge in [0.05, 0.1) is 25.6 Å². The highest BCUT2D eigenvalue weighted by Crippen LogP contribution is 2.31. The van der Waals surface area contributed by atoms with Crippen LogP contribution in [0.1, 0.15) is 11.3 Å². The number of hydrogen-bond donors (Lipinski definition) is 2. The summed E-state index contributed by atoms with van der Waals surface area (Å²) in [5.74, 6) is 1.07. The van der Waals surface area contributed by atoms with E-state index in [1.54, 1.807) is 19.3 Å². The van der Waals surface area contributed by atoms with Gasteiger partial charge in [0.1, 0.15) is 5.75 Å². The second-order valence-electron chi connectivity index (χ2n) is 6.19. The Kier molecular flexibility index (Phi) is 4.13. The van der Waals surface area contributed by atoms with Crippen LogP contribution in [0.2, 0.25) is 0 Å². The number of benzene rings is 1. The third-order valence-corrected chi connectivity index (χ3v) is 4.73. The Labute approximate surface area is 151 Å². The Morgan fingerprint density at radius 3 is 2.85 bits per heavy atom. The minimum absolute atomic E-state index is 0.107. The quantitative estimate of drug-likeness (QED) is 0.836. The van der Waals surface area contributed by atoms with Gasteiger partial charge in [-0.1, -0.05) is 12.2 Å². The molecule has 0 fully saturated rings. The number of carbonyl (C=O) groups excluding carboxylic acids is 1. The maximum Gasteiger partial charge on any atom is 0.227 e. The summed E-state index contributed by atoms with van der Waals surface area (Å²) >= 11 is 0. The lowest BCUT2D eigenvalue weighted by Gasteiger charge is -2.17. The molecule has 5 heteroatoms. The Morgan fingerprint density at radius 1 is 1.15 bits per heavy atom. The molecule has 2 aromatic rings. The summed E-state index contributed by atoms with van der Waals surface area (Å²) in [5.41, 5.74) is 4.97. The third-order valence-electron chi connectivity index (χ3n) is 4.73. The number of H-pyrrole nitrogens is 1. The van der Waals surface area contributed by atoms with Crippen LogP contribution in [0.15, 0.2) is 59.9 Å². The van der Waals surface area contributed by atoms with Gasteiger partial charge in [0.25, 0.3) is 0 Å². The molecule has 0 saturated heterocycles. The van der Waals surface area contributed by atoms with Gasteiger partial charge in [-0.25, -0.2) is 0 Å². The molecule has 5 nitrogen and oxygen atoms in total. The van der Waals surface area contributed by atoms with Crippen LogP contribution in [0, 0.1) is 0 Å². The van der Waals surface area contributed by atoms with Crippen molar-refractivity contribution in [2.24, 2.45) is 0 Å². The van der Waals surface area contributed by atoms with E-state index in [1.807, 2.05) is 30.4 Å². The number of carbonyl (C=O) groups is 1. The van der Waals surface area contributed by atoms with Gasteiger partial charge in [0.15, 0.2) is 5.76 Å². The number of allylic oxidation sites excluding steroid dienone is 6. The van der Waals surface area contributed by atoms with Gasteiger partial charge in [0.2, 0.25) is 5.78 Å². The van der Waals surface area contributed by atoms with Gasteiger partial charge in [-0.15, -0.1) is 0 Å². The van der Waals surface area contributed by atoms with Gasteiger partial charge >= 0.3 is 0 Å². The topological polar surface area (TPSA) is 63.4 Å². The summed E-state index contributed by atoms with van der Waals surface area (Å²) in [6.07, 6.45) is 10.0. The zero-order chi connectivity index (χ0) is 18.1. The molecule has 0 spiro atoms. The van der Waals surface area contributed by atoms with Crippen LogP contribution < -0.4 is 10.1 Å². The van der Waals surface area contributed by atoms with Crippen molar-refractivity contribution in [3.8, 4) is 5.75 Å². The molecule has 0 amide bonds. The monoisotopic (exact) mass is 348 g/mol. The minimum Gasteiger partial charge on any atom is -0.497 e. The average Bonchev–Trinajstić information content (AvgIpc) is 3.05. The van der Waals surface area contributed by atoms with Gasteiger partial charge in [-0.3, -0.25) is 4.79 Å². The average molecular weight is 348 g/mol. The fraction of sp³-hybridized carbons (Fsp3) is 0.190. The summed E-state index contributed by atoms with van der Waals surface area (Å²) in [6, 6.07) is 6.08. The van der Waals surface area contributed by atoms with E-state index in [-0.39, 0.29) is 5.78 Å². The van der Waals surface area contributed by atoms with E-state index in [4.69, 9.17) is 9.47 Å². The van der Waals surface area contributed by atoms with Crippen molar-refractivity contribution in [2.75, 3.05) is 20.8 Å². The van der Waals surface area contributed by atoms with Crippen LogP contribution in [0.3, 0.4) is 0 Å². The number of aromatic amines is 1. The molecular formula is C21H20N2O3. The molecule has 2 heterocycles. The fourth-order valence-corrected chi connectivity index (χ4v) is 3.40. The predicted octanol–water partition coefficient (Wildman–Crippen LogP) is 3.26. The predicted molar refractivity (Wildman–Crippen MR) is 102 cm³/mol. The van der Waals surface area contributed by atoms with Crippen molar-refractivity contribution in [1.82, 2.24) is 10.3 Å². The maximum atomic E-state index is 12.3. The molecule has 0 bridgehead atoms. The number of Topliss-reactive ketones (excluding diaryl/α,β-unsaturated/α-hetero) is 1. The van der Waals surface area contributed by atoms with Gasteiger partial charge < -0.3 is 19.8 Å². The summed E-state index contributed by atoms with van der Waals surface area (Å²) in [5, 5.41) is 4.62. The van der Waals surface area contributed by atoms with E-state index in [0.717, 1.165) is 35.6 Å². The van der Waals surface area contributed by atoms with E-state index in [0.29, 0.717) is 11.3 Å². The van der Waals surface area contributed by atoms with Crippen LogP contribution in [-0.2, 0) is 16.0 Å². The minimum atomic E-state index is -0.107. The standard InChI is InChI=1S/C21H20N2O3/c1-25-14-7-8-15-16-10-11-22-17(20(16)23-18(15)12-14)9-6-13-4-3-5-19(26-2)21(13)24/h3-9,12,22-23H,10-11H2,1-2H3/b13-6+,17-9+. The van der Waals surface area contributed by atoms with Crippen LogP contribution in [0.25, 0.3) is 16.6 Å². The molecule has 1 aliphatic heterocycles. The van der Waals surface area contributed by atoms with E-state index < -0.39 is 0 Å².